The minimum Gasteiger partial charge on any atom is -0.493 e. The zero-order valence-corrected chi connectivity index (χ0v) is 18.7. The lowest BCUT2D eigenvalue weighted by atomic mass is 9.96. The van der Waals surface area contributed by atoms with Crippen molar-refractivity contribution < 1.29 is 14.3 Å². The van der Waals surface area contributed by atoms with E-state index >= 15 is 0 Å². The van der Waals surface area contributed by atoms with Crippen LogP contribution >= 0.6 is 0 Å². The smallest absolute Gasteiger partial charge is 0.240 e. The average Bonchev–Trinajstić information content (AvgIpc) is 2.73. The predicted octanol–water partition coefficient (Wildman–Crippen LogP) is 3.00. The molecular weight excluding hydrogens is 366 g/mol. The van der Waals surface area contributed by atoms with E-state index in [1.807, 2.05) is 6.07 Å². The van der Waals surface area contributed by atoms with Crippen LogP contribution in [0.3, 0.4) is 0 Å². The summed E-state index contributed by atoms with van der Waals surface area (Å²) in [4.78, 5) is 20.1. The van der Waals surface area contributed by atoms with Gasteiger partial charge in [0.25, 0.3) is 0 Å². The Morgan fingerprint density at radius 2 is 1.66 bits per heavy atom. The summed E-state index contributed by atoms with van der Waals surface area (Å²) >= 11 is 0. The number of piperidine rings is 1. The molecule has 3 atom stereocenters. The molecule has 2 heterocycles. The van der Waals surface area contributed by atoms with Crippen LogP contribution < -0.4 is 9.47 Å². The monoisotopic (exact) mass is 403 g/mol. The Labute approximate surface area is 175 Å². The van der Waals surface area contributed by atoms with Crippen LogP contribution in [-0.2, 0) is 11.3 Å². The first kappa shape index (κ1) is 21.9. The van der Waals surface area contributed by atoms with Gasteiger partial charge in [-0.05, 0) is 57.7 Å². The molecule has 0 unspecified atom stereocenters. The number of carbonyl (C=O) groups excluding carboxylic acids is 1. The largest absolute Gasteiger partial charge is 0.493 e. The van der Waals surface area contributed by atoms with E-state index in [1.165, 1.54) is 12.0 Å². The molecule has 162 valence electrons. The first-order chi connectivity index (χ1) is 13.9. The van der Waals surface area contributed by atoms with E-state index in [1.54, 1.807) is 14.2 Å². The van der Waals surface area contributed by atoms with Crippen molar-refractivity contribution in [3.05, 3.63) is 23.8 Å². The molecule has 0 N–H and O–H groups in total. The normalized spacial score (nSPS) is 24.9. The maximum Gasteiger partial charge on any atom is 0.240 e. The van der Waals surface area contributed by atoms with Gasteiger partial charge in [-0.25, -0.2) is 0 Å². The van der Waals surface area contributed by atoms with Crippen molar-refractivity contribution in [3.8, 4) is 11.5 Å². The number of hydrogen-bond acceptors (Lipinski definition) is 5. The number of nitrogens with zero attached hydrogens (tertiary/aromatic N) is 3. The molecule has 2 fully saturated rings. The number of rotatable bonds is 6. The molecule has 0 radical (unpaired) electrons. The van der Waals surface area contributed by atoms with Crippen LogP contribution in [0.5, 0.6) is 11.5 Å². The molecule has 0 spiro atoms. The summed E-state index contributed by atoms with van der Waals surface area (Å²) in [6, 6.07) is 6.79. The molecule has 2 saturated heterocycles. The number of hydrogen-bond donors (Lipinski definition) is 0. The van der Waals surface area contributed by atoms with Crippen molar-refractivity contribution in [1.82, 2.24) is 14.7 Å². The lowest BCUT2D eigenvalue weighted by Crippen LogP contribution is -2.58. The first-order valence-corrected chi connectivity index (χ1v) is 10.9. The summed E-state index contributed by atoms with van der Waals surface area (Å²) < 4.78 is 10.7. The molecule has 2 aliphatic heterocycles. The zero-order chi connectivity index (χ0) is 21.0. The van der Waals surface area contributed by atoms with Crippen molar-refractivity contribution in [3.63, 3.8) is 0 Å². The van der Waals surface area contributed by atoms with Gasteiger partial charge in [0.1, 0.15) is 0 Å². The van der Waals surface area contributed by atoms with E-state index < -0.39 is 0 Å². The van der Waals surface area contributed by atoms with E-state index in [0.717, 1.165) is 57.1 Å². The number of piperazine rings is 1. The Balaban J connectivity index is 1.54. The van der Waals surface area contributed by atoms with Crippen LogP contribution in [-0.4, -0.2) is 79.1 Å². The van der Waals surface area contributed by atoms with Crippen molar-refractivity contribution in [1.29, 1.82) is 0 Å². The van der Waals surface area contributed by atoms with E-state index in [4.69, 9.17) is 9.47 Å². The van der Waals surface area contributed by atoms with Crippen LogP contribution in [0.15, 0.2) is 18.2 Å². The van der Waals surface area contributed by atoms with Gasteiger partial charge in [0.05, 0.1) is 20.3 Å². The third-order valence-electron chi connectivity index (χ3n) is 6.61. The molecule has 1 amide bonds. The molecule has 0 aliphatic carbocycles. The molecule has 1 aromatic carbocycles. The highest BCUT2D eigenvalue weighted by Gasteiger charge is 2.34. The Morgan fingerprint density at radius 1 is 1.03 bits per heavy atom. The third-order valence-corrected chi connectivity index (χ3v) is 6.61. The highest BCUT2D eigenvalue weighted by molar-refractivity contribution is 5.82. The van der Waals surface area contributed by atoms with Gasteiger partial charge in [-0.1, -0.05) is 6.07 Å². The van der Waals surface area contributed by atoms with Gasteiger partial charge in [0.2, 0.25) is 5.91 Å². The first-order valence-electron chi connectivity index (χ1n) is 10.9. The Bertz CT molecular complexity index is 678. The third kappa shape index (κ3) is 5.04. The van der Waals surface area contributed by atoms with E-state index in [2.05, 4.69) is 47.6 Å². The van der Waals surface area contributed by atoms with Crippen LogP contribution in [0.4, 0.5) is 0 Å². The number of amides is 1. The minimum absolute atomic E-state index is 0.0405. The van der Waals surface area contributed by atoms with Crippen LogP contribution in [0, 0.1) is 0 Å². The zero-order valence-electron chi connectivity index (χ0n) is 18.7. The minimum atomic E-state index is -0.0405. The summed E-state index contributed by atoms with van der Waals surface area (Å²) in [7, 11) is 3.33. The Kier molecular flexibility index (Phi) is 7.41. The number of carbonyl (C=O) groups is 1. The molecule has 29 heavy (non-hydrogen) atoms. The average molecular weight is 404 g/mol. The lowest BCUT2D eigenvalue weighted by Gasteiger charge is -2.44. The summed E-state index contributed by atoms with van der Waals surface area (Å²) in [6.45, 7) is 11.2. The second-order valence-corrected chi connectivity index (χ2v) is 8.55. The second kappa shape index (κ2) is 9.81. The standard InChI is InChI=1S/C23H37N3O3/c1-17-7-6-8-18(2)26(17)23(27)19(3)25-13-11-24(12-14-25)16-20-9-10-21(28-4)22(15-20)29-5/h9-10,15,17-19H,6-8,11-14,16H2,1-5H3/t17-,18-,19-/m1/s1. The fourth-order valence-electron chi connectivity index (χ4n) is 4.77. The van der Waals surface area contributed by atoms with Gasteiger partial charge in [0.15, 0.2) is 11.5 Å². The molecular formula is C23H37N3O3. The Morgan fingerprint density at radius 3 is 2.24 bits per heavy atom. The van der Waals surface area contributed by atoms with Gasteiger partial charge in [0, 0.05) is 44.8 Å². The highest BCUT2D eigenvalue weighted by atomic mass is 16.5. The van der Waals surface area contributed by atoms with Crippen molar-refractivity contribution in [2.45, 2.75) is 64.7 Å². The molecule has 1 aromatic rings. The molecule has 3 rings (SSSR count). The van der Waals surface area contributed by atoms with E-state index in [-0.39, 0.29) is 6.04 Å². The summed E-state index contributed by atoms with van der Waals surface area (Å²) in [6.07, 6.45) is 3.49. The number of likely N-dealkylation sites (tertiary alicyclic amines) is 1. The van der Waals surface area contributed by atoms with Crippen molar-refractivity contribution in [2.24, 2.45) is 0 Å². The maximum absolute atomic E-state index is 13.2. The molecule has 6 nitrogen and oxygen atoms in total. The van der Waals surface area contributed by atoms with Crippen LogP contribution in [0.2, 0.25) is 0 Å². The van der Waals surface area contributed by atoms with Gasteiger partial charge in [-0.3, -0.25) is 14.6 Å². The summed E-state index contributed by atoms with van der Waals surface area (Å²) in [5.74, 6) is 1.83. The fourth-order valence-corrected chi connectivity index (χ4v) is 4.77. The topological polar surface area (TPSA) is 45.2 Å². The lowest BCUT2D eigenvalue weighted by molar-refractivity contribution is -0.143. The van der Waals surface area contributed by atoms with Gasteiger partial charge in [-0.15, -0.1) is 0 Å². The number of methoxy groups -OCH3 is 2. The maximum atomic E-state index is 13.2. The summed E-state index contributed by atoms with van der Waals surface area (Å²) in [5, 5.41) is 0. The molecule has 6 heteroatoms. The number of benzene rings is 1. The predicted molar refractivity (Wildman–Crippen MR) is 115 cm³/mol. The molecule has 2 aliphatic rings. The van der Waals surface area contributed by atoms with E-state index in [9.17, 15) is 4.79 Å². The van der Waals surface area contributed by atoms with Crippen molar-refractivity contribution >= 4 is 5.91 Å². The second-order valence-electron chi connectivity index (χ2n) is 8.55. The van der Waals surface area contributed by atoms with E-state index in [0.29, 0.717) is 18.0 Å². The van der Waals surface area contributed by atoms with Crippen LogP contribution in [0.1, 0.15) is 45.6 Å². The molecule has 0 aromatic heterocycles. The quantitative estimate of drug-likeness (QED) is 0.731. The SMILES string of the molecule is COc1ccc(CN2CCN([C@H](C)C(=O)N3[C@H](C)CCC[C@H]3C)CC2)cc1OC. The Hall–Kier alpha value is -1.79. The summed E-state index contributed by atoms with van der Waals surface area (Å²) in [5.41, 5.74) is 1.22. The van der Waals surface area contributed by atoms with Crippen molar-refractivity contribution in [2.75, 3.05) is 40.4 Å². The molecule has 0 saturated carbocycles. The number of ether oxygens (including phenoxy) is 2. The highest BCUT2D eigenvalue weighted by Crippen LogP contribution is 2.28. The van der Waals surface area contributed by atoms with Gasteiger partial charge >= 0.3 is 0 Å². The molecule has 0 bridgehead atoms. The van der Waals surface area contributed by atoms with Gasteiger partial charge < -0.3 is 14.4 Å². The van der Waals surface area contributed by atoms with Crippen LogP contribution in [0.25, 0.3) is 0 Å². The van der Waals surface area contributed by atoms with Gasteiger partial charge in [-0.2, -0.15) is 0 Å². The fraction of sp³-hybridized carbons (Fsp3) is 0.696.